The molecule has 4 nitrogen and oxygen atoms in total. The molecule has 0 unspecified atom stereocenters. The second-order valence-electron chi connectivity index (χ2n) is 6.63. The number of nitrogens with one attached hydrogen (secondary N) is 1. The van der Waals surface area contributed by atoms with E-state index in [-0.39, 0.29) is 10.3 Å². The van der Waals surface area contributed by atoms with Crippen molar-refractivity contribution in [2.75, 3.05) is 0 Å². The molecular weight excluding hydrogens is 332 g/mol. The zero-order valence-electron chi connectivity index (χ0n) is 14.4. The average Bonchev–Trinajstić information content (AvgIpc) is 2.62. The highest BCUT2D eigenvalue weighted by Gasteiger charge is 2.26. The number of aryl methyl sites for hydroxylation is 1. The molecule has 1 N–H and O–H groups in total. The van der Waals surface area contributed by atoms with Gasteiger partial charge < -0.3 is 0 Å². The number of hydrazone groups is 1. The molecule has 0 spiro atoms. The molecule has 1 aliphatic carbocycles. The van der Waals surface area contributed by atoms with Gasteiger partial charge in [0.1, 0.15) is 0 Å². The van der Waals surface area contributed by atoms with Gasteiger partial charge in [-0.3, -0.25) is 0 Å². The van der Waals surface area contributed by atoms with Crippen molar-refractivity contribution >= 4 is 15.7 Å². The van der Waals surface area contributed by atoms with Crippen LogP contribution < -0.4 is 4.83 Å². The number of hydrogen-bond acceptors (Lipinski definition) is 3. The van der Waals surface area contributed by atoms with E-state index in [1.54, 1.807) is 24.3 Å². The molecule has 130 valence electrons. The molecule has 2 aromatic rings. The number of allylic oxidation sites excluding steroid dienone is 2. The molecule has 0 saturated carbocycles. The number of rotatable bonds is 4. The monoisotopic (exact) mass is 354 g/mol. The predicted octanol–water partition coefficient (Wildman–Crippen LogP) is 3.94. The van der Waals surface area contributed by atoms with Crippen molar-refractivity contribution in [3.05, 3.63) is 77.9 Å². The van der Waals surface area contributed by atoms with Gasteiger partial charge >= 0.3 is 0 Å². The first kappa shape index (κ1) is 17.4. The van der Waals surface area contributed by atoms with Gasteiger partial charge in [-0.1, -0.05) is 61.0 Å². The Morgan fingerprint density at radius 2 is 1.72 bits per heavy atom. The summed E-state index contributed by atoms with van der Waals surface area (Å²) in [7, 11) is -3.63. The van der Waals surface area contributed by atoms with Crippen LogP contribution in [0.15, 0.2) is 76.7 Å². The lowest BCUT2D eigenvalue weighted by Crippen LogP contribution is -2.26. The minimum absolute atomic E-state index is 0.0455. The summed E-state index contributed by atoms with van der Waals surface area (Å²) in [5, 5.41) is 4.10. The summed E-state index contributed by atoms with van der Waals surface area (Å²) < 4.78 is 24.6. The lowest BCUT2D eigenvalue weighted by Gasteiger charge is -2.30. The molecule has 0 heterocycles. The highest BCUT2D eigenvalue weighted by Crippen LogP contribution is 2.33. The molecule has 5 heteroatoms. The highest BCUT2D eigenvalue weighted by molar-refractivity contribution is 7.89. The van der Waals surface area contributed by atoms with Crippen LogP contribution in [-0.2, 0) is 15.4 Å². The van der Waals surface area contributed by atoms with E-state index in [1.165, 1.54) is 5.56 Å². The van der Waals surface area contributed by atoms with Gasteiger partial charge in [0, 0.05) is 5.41 Å². The van der Waals surface area contributed by atoms with Gasteiger partial charge in [0.05, 0.1) is 10.6 Å². The zero-order chi connectivity index (χ0) is 17.9. The third kappa shape index (κ3) is 3.99. The van der Waals surface area contributed by atoms with Crippen LogP contribution in [0.25, 0.3) is 0 Å². The van der Waals surface area contributed by atoms with Gasteiger partial charge in [0.15, 0.2) is 0 Å². The maximum absolute atomic E-state index is 12.3. The Morgan fingerprint density at radius 1 is 1.04 bits per heavy atom. The fraction of sp³-hybridized carbons (Fsp3) is 0.250. The molecule has 25 heavy (non-hydrogen) atoms. The van der Waals surface area contributed by atoms with E-state index >= 15 is 0 Å². The van der Waals surface area contributed by atoms with E-state index in [4.69, 9.17) is 0 Å². The van der Waals surface area contributed by atoms with Crippen molar-refractivity contribution in [2.45, 2.75) is 37.0 Å². The van der Waals surface area contributed by atoms with Crippen LogP contribution in [-0.4, -0.2) is 14.1 Å². The molecule has 0 fully saturated rings. The molecule has 1 aliphatic rings. The van der Waals surface area contributed by atoms with E-state index in [2.05, 4.69) is 35.1 Å². The Kier molecular flexibility index (Phi) is 4.77. The molecule has 0 radical (unpaired) electrons. The van der Waals surface area contributed by atoms with Gasteiger partial charge in [-0.25, -0.2) is 0 Å². The summed E-state index contributed by atoms with van der Waals surface area (Å²) >= 11 is 0. The minimum Gasteiger partial charge on any atom is -0.200 e. The standard InChI is InChI=1S/C20H22N2O2S/c1-16-8-10-19(11-9-16)25(23,24)22-21-18-12-14-20(2,15-13-18)17-6-4-3-5-7-17/h3-12,14,22H,13,15H2,1-2H3/b21-18-/t20-/m0/s1. The summed E-state index contributed by atoms with van der Waals surface area (Å²) in [6.07, 6.45) is 5.62. The number of benzene rings is 2. The van der Waals surface area contributed by atoms with Crippen LogP contribution in [0.1, 0.15) is 30.9 Å². The molecule has 1 atom stereocenters. The summed E-state index contributed by atoms with van der Waals surface area (Å²) in [5.41, 5.74) is 2.96. The van der Waals surface area contributed by atoms with Crippen LogP contribution in [0.2, 0.25) is 0 Å². The first-order chi connectivity index (χ1) is 11.9. The predicted molar refractivity (Wildman–Crippen MR) is 101 cm³/mol. The molecule has 0 aliphatic heterocycles. The molecule has 0 aromatic heterocycles. The molecule has 0 saturated heterocycles. The molecular formula is C20H22N2O2S. The SMILES string of the molecule is Cc1ccc(S(=O)(=O)N/N=C2/C=C[C@](C)(c3ccccc3)CC2)cc1. The van der Waals surface area contributed by atoms with Crippen molar-refractivity contribution in [3.63, 3.8) is 0 Å². The number of nitrogens with zero attached hydrogens (tertiary/aromatic N) is 1. The first-order valence-corrected chi connectivity index (χ1v) is 9.77. The van der Waals surface area contributed by atoms with Crippen molar-refractivity contribution in [1.82, 2.24) is 4.83 Å². The van der Waals surface area contributed by atoms with Gasteiger partial charge in [-0.2, -0.15) is 18.4 Å². The maximum Gasteiger partial charge on any atom is 0.276 e. The largest absolute Gasteiger partial charge is 0.276 e. The van der Waals surface area contributed by atoms with E-state index < -0.39 is 10.0 Å². The number of hydrogen-bond donors (Lipinski definition) is 1. The second kappa shape index (κ2) is 6.84. The minimum atomic E-state index is -3.63. The highest BCUT2D eigenvalue weighted by atomic mass is 32.2. The van der Waals surface area contributed by atoms with Gasteiger partial charge in [-0.05, 0) is 43.5 Å². The summed E-state index contributed by atoms with van der Waals surface area (Å²) in [5.74, 6) is 0. The van der Waals surface area contributed by atoms with Gasteiger partial charge in [0.2, 0.25) is 0 Å². The maximum atomic E-state index is 12.3. The van der Waals surface area contributed by atoms with Crippen molar-refractivity contribution in [1.29, 1.82) is 0 Å². The summed E-state index contributed by atoms with van der Waals surface area (Å²) in [4.78, 5) is 2.56. The Balaban J connectivity index is 1.74. The topological polar surface area (TPSA) is 58.5 Å². The smallest absolute Gasteiger partial charge is 0.200 e. The van der Waals surface area contributed by atoms with E-state index in [1.807, 2.05) is 31.2 Å². The quantitative estimate of drug-likeness (QED) is 0.846. The molecule has 2 aromatic carbocycles. The van der Waals surface area contributed by atoms with E-state index in [0.29, 0.717) is 0 Å². The van der Waals surface area contributed by atoms with Crippen LogP contribution >= 0.6 is 0 Å². The van der Waals surface area contributed by atoms with Crippen LogP contribution in [0.3, 0.4) is 0 Å². The van der Waals surface area contributed by atoms with Crippen LogP contribution in [0.4, 0.5) is 0 Å². The van der Waals surface area contributed by atoms with Gasteiger partial charge in [0.25, 0.3) is 10.0 Å². The van der Waals surface area contributed by atoms with Crippen molar-refractivity contribution in [2.24, 2.45) is 5.10 Å². The normalized spacial score (nSPS) is 22.1. The van der Waals surface area contributed by atoms with Crippen molar-refractivity contribution < 1.29 is 8.42 Å². The Labute approximate surface area is 149 Å². The Hall–Kier alpha value is -2.40. The Morgan fingerprint density at radius 3 is 2.32 bits per heavy atom. The third-order valence-electron chi connectivity index (χ3n) is 4.62. The van der Waals surface area contributed by atoms with Crippen LogP contribution in [0, 0.1) is 6.92 Å². The van der Waals surface area contributed by atoms with Gasteiger partial charge in [-0.15, -0.1) is 0 Å². The van der Waals surface area contributed by atoms with Crippen LogP contribution in [0.5, 0.6) is 0 Å². The third-order valence-corrected chi connectivity index (χ3v) is 5.84. The zero-order valence-corrected chi connectivity index (χ0v) is 15.3. The fourth-order valence-electron chi connectivity index (χ4n) is 2.88. The number of sulfonamides is 1. The lowest BCUT2D eigenvalue weighted by molar-refractivity contribution is 0.544. The fourth-order valence-corrected chi connectivity index (χ4v) is 3.71. The lowest BCUT2D eigenvalue weighted by atomic mass is 9.75. The molecule has 0 amide bonds. The van der Waals surface area contributed by atoms with E-state index in [9.17, 15) is 8.42 Å². The van der Waals surface area contributed by atoms with E-state index in [0.717, 1.165) is 24.1 Å². The summed E-state index contributed by atoms with van der Waals surface area (Å²) in [6.45, 7) is 4.10. The molecule has 0 bridgehead atoms. The van der Waals surface area contributed by atoms with Crippen molar-refractivity contribution in [3.8, 4) is 0 Å². The summed E-state index contributed by atoms with van der Waals surface area (Å²) in [6, 6.07) is 17.0. The molecule has 3 rings (SSSR count). The average molecular weight is 354 g/mol. The first-order valence-electron chi connectivity index (χ1n) is 8.29. The Bertz CT molecular complexity index is 900. The second-order valence-corrected chi connectivity index (χ2v) is 8.29.